The minimum absolute atomic E-state index is 0.128. The molecule has 126 valence electrons. The summed E-state index contributed by atoms with van der Waals surface area (Å²) in [6.45, 7) is 2.15. The summed E-state index contributed by atoms with van der Waals surface area (Å²) in [5.74, 6) is -0.580. The molecule has 0 bridgehead atoms. The average molecular weight is 330 g/mol. The van der Waals surface area contributed by atoms with Crippen molar-refractivity contribution in [3.8, 4) is 5.75 Å². The Labute approximate surface area is 140 Å². The van der Waals surface area contributed by atoms with Gasteiger partial charge in [0.15, 0.2) is 0 Å². The van der Waals surface area contributed by atoms with Gasteiger partial charge >= 0.3 is 0 Å². The van der Waals surface area contributed by atoms with Crippen molar-refractivity contribution in [2.45, 2.75) is 6.92 Å². The lowest BCUT2D eigenvalue weighted by atomic mass is 10.1. The number of ether oxygens (including phenoxy) is 1. The summed E-state index contributed by atoms with van der Waals surface area (Å²) < 4.78 is 18.3. The summed E-state index contributed by atoms with van der Waals surface area (Å²) in [7, 11) is 1.54. The lowest BCUT2D eigenvalue weighted by Crippen LogP contribution is -2.35. The largest absolute Gasteiger partial charge is 0.493 e. The van der Waals surface area contributed by atoms with Crippen LogP contribution >= 0.6 is 0 Å². The quantitative estimate of drug-likeness (QED) is 0.886. The Balaban J connectivity index is 2.00. The third-order valence-electron chi connectivity index (χ3n) is 3.27. The number of benzene rings is 2. The summed E-state index contributed by atoms with van der Waals surface area (Å²) in [5, 5.41) is 2.62. The highest BCUT2D eigenvalue weighted by molar-refractivity contribution is 6.00. The monoisotopic (exact) mass is 330 g/mol. The van der Waals surface area contributed by atoms with E-state index < -0.39 is 0 Å². The summed E-state index contributed by atoms with van der Waals surface area (Å²) >= 11 is 0. The highest BCUT2D eigenvalue weighted by Crippen LogP contribution is 2.19. The molecule has 2 aromatic rings. The van der Waals surface area contributed by atoms with Crippen molar-refractivity contribution in [3.63, 3.8) is 0 Å². The van der Waals surface area contributed by atoms with Gasteiger partial charge in [-0.25, -0.2) is 4.39 Å². The summed E-state index contributed by atoms with van der Waals surface area (Å²) in [5.41, 5.74) is 0.869. The molecule has 2 amide bonds. The van der Waals surface area contributed by atoms with Crippen LogP contribution in [0.25, 0.3) is 0 Å². The van der Waals surface area contributed by atoms with E-state index in [-0.39, 0.29) is 24.2 Å². The molecule has 0 unspecified atom stereocenters. The van der Waals surface area contributed by atoms with Crippen molar-refractivity contribution >= 4 is 17.5 Å². The Kier molecular flexibility index (Phi) is 5.89. The van der Waals surface area contributed by atoms with Gasteiger partial charge in [0, 0.05) is 12.7 Å². The third kappa shape index (κ3) is 4.55. The molecular formula is C18H19FN2O3. The van der Waals surface area contributed by atoms with Gasteiger partial charge in [0.05, 0.1) is 18.7 Å². The molecule has 6 heteroatoms. The molecule has 2 rings (SSSR count). The van der Waals surface area contributed by atoms with E-state index in [1.54, 1.807) is 24.3 Å². The molecule has 0 aliphatic heterocycles. The van der Waals surface area contributed by atoms with Gasteiger partial charge in [0.1, 0.15) is 11.6 Å². The van der Waals surface area contributed by atoms with Crippen LogP contribution in [0.5, 0.6) is 5.75 Å². The molecule has 1 N–H and O–H groups in total. The van der Waals surface area contributed by atoms with E-state index in [4.69, 9.17) is 4.74 Å². The molecule has 0 radical (unpaired) electrons. The third-order valence-corrected chi connectivity index (χ3v) is 3.27. The number of hydrogen-bond donors (Lipinski definition) is 1. The topological polar surface area (TPSA) is 58.6 Å². The molecule has 0 aliphatic rings. The van der Waals surface area contributed by atoms with Crippen LogP contribution < -0.4 is 10.1 Å². The van der Waals surface area contributed by atoms with Gasteiger partial charge in [-0.15, -0.1) is 0 Å². The molecule has 0 saturated heterocycles. The Bertz CT molecular complexity index is 716. The fourth-order valence-corrected chi connectivity index (χ4v) is 2.15. The number of amides is 2. The SMILES string of the molecule is CCOc1ccccc1C(=O)N(C)CC(=O)Nc1ccc(F)cc1. The minimum Gasteiger partial charge on any atom is -0.493 e. The van der Waals surface area contributed by atoms with Gasteiger partial charge in [-0.3, -0.25) is 9.59 Å². The van der Waals surface area contributed by atoms with Gasteiger partial charge in [0.25, 0.3) is 5.91 Å². The molecule has 0 saturated carbocycles. The zero-order chi connectivity index (χ0) is 17.5. The van der Waals surface area contributed by atoms with E-state index in [9.17, 15) is 14.0 Å². The zero-order valence-corrected chi connectivity index (χ0v) is 13.6. The first kappa shape index (κ1) is 17.5. The van der Waals surface area contributed by atoms with Crippen LogP contribution in [0, 0.1) is 5.82 Å². The Morgan fingerprint density at radius 3 is 2.46 bits per heavy atom. The molecule has 0 aliphatic carbocycles. The molecular weight excluding hydrogens is 311 g/mol. The molecule has 0 fully saturated rings. The van der Waals surface area contributed by atoms with E-state index in [1.165, 1.54) is 36.2 Å². The number of hydrogen-bond acceptors (Lipinski definition) is 3. The second kappa shape index (κ2) is 8.10. The first-order chi connectivity index (χ1) is 11.5. The molecule has 24 heavy (non-hydrogen) atoms. The standard InChI is InChI=1S/C18H19FN2O3/c1-3-24-16-7-5-4-6-15(16)18(23)21(2)12-17(22)20-14-10-8-13(19)9-11-14/h4-11H,3,12H2,1-2H3,(H,20,22). The normalized spacial score (nSPS) is 10.1. The van der Waals surface area contributed by atoms with Crippen LogP contribution in [0.2, 0.25) is 0 Å². The summed E-state index contributed by atoms with van der Waals surface area (Å²) in [6.07, 6.45) is 0. The number of nitrogens with one attached hydrogen (secondary N) is 1. The van der Waals surface area contributed by atoms with Gasteiger partial charge < -0.3 is 15.0 Å². The molecule has 0 spiro atoms. The van der Waals surface area contributed by atoms with Crippen molar-refractivity contribution in [3.05, 3.63) is 59.9 Å². The first-order valence-electron chi connectivity index (χ1n) is 7.54. The van der Waals surface area contributed by atoms with Gasteiger partial charge in [0.2, 0.25) is 5.91 Å². The maximum Gasteiger partial charge on any atom is 0.257 e. The van der Waals surface area contributed by atoms with Crippen molar-refractivity contribution < 1.29 is 18.7 Å². The van der Waals surface area contributed by atoms with E-state index in [2.05, 4.69) is 5.32 Å². The Hall–Kier alpha value is -2.89. The molecule has 0 aromatic heterocycles. The summed E-state index contributed by atoms with van der Waals surface area (Å²) in [4.78, 5) is 25.8. The van der Waals surface area contributed by atoms with Crippen LogP contribution in [0.1, 0.15) is 17.3 Å². The number of para-hydroxylation sites is 1. The fraction of sp³-hybridized carbons (Fsp3) is 0.222. The smallest absolute Gasteiger partial charge is 0.257 e. The van der Waals surface area contributed by atoms with Crippen LogP contribution in [0.3, 0.4) is 0 Å². The van der Waals surface area contributed by atoms with Crippen LogP contribution in [-0.4, -0.2) is 36.9 Å². The first-order valence-corrected chi connectivity index (χ1v) is 7.54. The zero-order valence-electron chi connectivity index (χ0n) is 13.6. The lowest BCUT2D eigenvalue weighted by Gasteiger charge is -2.18. The van der Waals surface area contributed by atoms with Gasteiger partial charge in [-0.05, 0) is 43.3 Å². The van der Waals surface area contributed by atoms with Gasteiger partial charge in [-0.1, -0.05) is 12.1 Å². The molecule has 0 atom stereocenters. The average Bonchev–Trinajstić information content (AvgIpc) is 2.57. The van der Waals surface area contributed by atoms with Gasteiger partial charge in [-0.2, -0.15) is 0 Å². The minimum atomic E-state index is -0.382. The Morgan fingerprint density at radius 2 is 1.79 bits per heavy atom. The maximum atomic E-state index is 12.9. The van der Waals surface area contributed by atoms with Crippen molar-refractivity contribution in [2.24, 2.45) is 0 Å². The number of rotatable bonds is 6. The van der Waals surface area contributed by atoms with Crippen LogP contribution in [-0.2, 0) is 4.79 Å². The number of halogens is 1. The van der Waals surface area contributed by atoms with Crippen LogP contribution in [0.15, 0.2) is 48.5 Å². The lowest BCUT2D eigenvalue weighted by molar-refractivity contribution is -0.116. The number of likely N-dealkylation sites (N-methyl/N-ethyl adjacent to an activating group) is 1. The second-order valence-electron chi connectivity index (χ2n) is 5.15. The number of nitrogens with zero attached hydrogens (tertiary/aromatic N) is 1. The summed E-state index contributed by atoms with van der Waals surface area (Å²) in [6, 6.07) is 12.3. The molecule has 2 aromatic carbocycles. The second-order valence-corrected chi connectivity index (χ2v) is 5.15. The van der Waals surface area contributed by atoms with E-state index in [0.29, 0.717) is 23.6 Å². The predicted octanol–water partition coefficient (Wildman–Crippen LogP) is 2.94. The maximum absolute atomic E-state index is 12.9. The Morgan fingerprint density at radius 1 is 1.12 bits per heavy atom. The number of anilines is 1. The highest BCUT2D eigenvalue weighted by atomic mass is 19.1. The van der Waals surface area contributed by atoms with Crippen molar-refractivity contribution in [1.82, 2.24) is 4.90 Å². The highest BCUT2D eigenvalue weighted by Gasteiger charge is 2.18. The van der Waals surface area contributed by atoms with E-state index >= 15 is 0 Å². The van der Waals surface area contributed by atoms with Crippen molar-refractivity contribution in [2.75, 3.05) is 25.5 Å². The number of carbonyl (C=O) groups is 2. The molecule has 0 heterocycles. The predicted molar refractivity (Wildman–Crippen MR) is 89.6 cm³/mol. The fourth-order valence-electron chi connectivity index (χ4n) is 2.15. The van der Waals surface area contributed by atoms with Crippen molar-refractivity contribution in [1.29, 1.82) is 0 Å². The number of carbonyl (C=O) groups excluding carboxylic acids is 2. The van der Waals surface area contributed by atoms with E-state index in [1.807, 2.05) is 6.92 Å². The van der Waals surface area contributed by atoms with E-state index in [0.717, 1.165) is 0 Å². The van der Waals surface area contributed by atoms with Crippen LogP contribution in [0.4, 0.5) is 10.1 Å². The molecule has 5 nitrogen and oxygen atoms in total.